The number of hydrogen-bond acceptors (Lipinski definition) is 5. The highest BCUT2D eigenvalue weighted by molar-refractivity contribution is 7.90. The molecule has 0 spiro atoms. The van der Waals surface area contributed by atoms with Crippen LogP contribution in [0.5, 0.6) is 0 Å². The summed E-state index contributed by atoms with van der Waals surface area (Å²) in [6.07, 6.45) is 2.54. The predicted octanol–water partition coefficient (Wildman–Crippen LogP) is -0.167. The van der Waals surface area contributed by atoms with Crippen LogP contribution in [0.25, 0.3) is 0 Å². The lowest BCUT2D eigenvalue weighted by molar-refractivity contribution is -0.148. The molecule has 1 amide bonds. The van der Waals surface area contributed by atoms with Crippen LogP contribution in [0.4, 0.5) is 0 Å². The van der Waals surface area contributed by atoms with Crippen molar-refractivity contribution in [3.63, 3.8) is 0 Å². The van der Waals surface area contributed by atoms with Crippen molar-refractivity contribution in [1.82, 2.24) is 4.90 Å². The fourth-order valence-corrected chi connectivity index (χ4v) is 2.54. The van der Waals surface area contributed by atoms with Gasteiger partial charge < -0.3 is 9.64 Å². The molecule has 18 heavy (non-hydrogen) atoms. The molecule has 1 rings (SSSR count). The van der Waals surface area contributed by atoms with E-state index in [0.29, 0.717) is 19.5 Å². The Morgan fingerprint density at radius 2 is 2.06 bits per heavy atom. The molecule has 0 saturated carbocycles. The van der Waals surface area contributed by atoms with Gasteiger partial charge >= 0.3 is 5.97 Å². The molecular formula is C11H19NO5S. The molecule has 1 atom stereocenters. The molecule has 0 unspecified atom stereocenters. The highest BCUT2D eigenvalue weighted by atomic mass is 32.2. The number of hydrogen-bond donors (Lipinski definition) is 0. The first kappa shape index (κ1) is 14.9. The second-order valence-electron chi connectivity index (χ2n) is 4.58. The number of ether oxygens (including phenoxy) is 1. The van der Waals surface area contributed by atoms with E-state index in [2.05, 4.69) is 4.74 Å². The number of rotatable bonds is 4. The van der Waals surface area contributed by atoms with E-state index in [4.69, 9.17) is 0 Å². The van der Waals surface area contributed by atoms with Gasteiger partial charge in [0, 0.05) is 25.8 Å². The average molecular weight is 277 g/mol. The van der Waals surface area contributed by atoms with Gasteiger partial charge in [-0.05, 0) is 12.8 Å². The average Bonchev–Trinajstić information content (AvgIpc) is 2.34. The smallest absolute Gasteiger partial charge is 0.310 e. The van der Waals surface area contributed by atoms with Crippen molar-refractivity contribution in [2.75, 3.05) is 32.2 Å². The number of nitrogens with zero attached hydrogens (tertiary/aromatic N) is 1. The highest BCUT2D eigenvalue weighted by Gasteiger charge is 2.29. The minimum Gasteiger partial charge on any atom is -0.469 e. The van der Waals surface area contributed by atoms with Crippen molar-refractivity contribution in [2.45, 2.75) is 19.3 Å². The van der Waals surface area contributed by atoms with E-state index in [1.807, 2.05) is 0 Å². The van der Waals surface area contributed by atoms with E-state index < -0.39 is 9.84 Å². The molecule has 0 aliphatic carbocycles. The lowest BCUT2D eigenvalue weighted by atomic mass is 9.98. The third-order valence-corrected chi connectivity index (χ3v) is 3.94. The van der Waals surface area contributed by atoms with E-state index in [1.165, 1.54) is 7.11 Å². The summed E-state index contributed by atoms with van der Waals surface area (Å²) in [5.41, 5.74) is 0. The molecule has 7 heteroatoms. The molecule has 1 saturated heterocycles. The van der Waals surface area contributed by atoms with E-state index in [-0.39, 0.29) is 30.0 Å². The molecule has 6 nitrogen and oxygen atoms in total. The first-order valence-corrected chi connectivity index (χ1v) is 7.93. The number of carbonyl (C=O) groups excluding carboxylic acids is 2. The number of amides is 1. The minimum absolute atomic E-state index is 0.0211. The lowest BCUT2D eigenvalue weighted by Gasteiger charge is -2.31. The summed E-state index contributed by atoms with van der Waals surface area (Å²) in [6.45, 7) is 0.908. The maximum atomic E-state index is 11.8. The lowest BCUT2D eigenvalue weighted by Crippen LogP contribution is -2.43. The largest absolute Gasteiger partial charge is 0.469 e. The summed E-state index contributed by atoms with van der Waals surface area (Å²) in [5.74, 6) is -0.957. The summed E-state index contributed by atoms with van der Waals surface area (Å²) in [5, 5.41) is 0. The van der Waals surface area contributed by atoms with E-state index >= 15 is 0 Å². The van der Waals surface area contributed by atoms with Gasteiger partial charge in [-0.25, -0.2) is 8.42 Å². The fourth-order valence-electron chi connectivity index (χ4n) is 1.99. The van der Waals surface area contributed by atoms with Gasteiger partial charge in [-0.1, -0.05) is 0 Å². The van der Waals surface area contributed by atoms with Crippen LogP contribution >= 0.6 is 0 Å². The molecule has 1 aliphatic rings. The number of sulfone groups is 1. The second-order valence-corrected chi connectivity index (χ2v) is 6.84. The van der Waals surface area contributed by atoms with Crippen LogP contribution in [-0.4, -0.2) is 57.4 Å². The Morgan fingerprint density at radius 1 is 1.39 bits per heavy atom. The molecule has 104 valence electrons. The van der Waals surface area contributed by atoms with E-state index in [1.54, 1.807) is 4.90 Å². The molecule has 0 aromatic heterocycles. The normalized spacial score (nSPS) is 20.6. The predicted molar refractivity (Wildman–Crippen MR) is 65.6 cm³/mol. The van der Waals surface area contributed by atoms with Crippen LogP contribution in [0.15, 0.2) is 0 Å². The number of likely N-dealkylation sites (tertiary alicyclic amines) is 1. The summed E-state index contributed by atoms with van der Waals surface area (Å²) >= 11 is 0. The Hall–Kier alpha value is -1.11. The van der Waals surface area contributed by atoms with Crippen LogP contribution in [0.2, 0.25) is 0 Å². The van der Waals surface area contributed by atoms with Crippen molar-refractivity contribution < 1.29 is 22.7 Å². The Morgan fingerprint density at radius 3 is 2.61 bits per heavy atom. The molecule has 0 N–H and O–H groups in total. The molecule has 1 fully saturated rings. The minimum atomic E-state index is -3.13. The Labute approximate surface area is 107 Å². The van der Waals surface area contributed by atoms with Gasteiger partial charge in [0.15, 0.2) is 0 Å². The Balaban J connectivity index is 2.51. The van der Waals surface area contributed by atoms with Gasteiger partial charge in [-0.15, -0.1) is 0 Å². The highest BCUT2D eigenvalue weighted by Crippen LogP contribution is 2.18. The quantitative estimate of drug-likeness (QED) is 0.667. The Kier molecular flexibility index (Phi) is 5.13. The summed E-state index contributed by atoms with van der Waals surface area (Å²) < 4.78 is 26.6. The van der Waals surface area contributed by atoms with Gasteiger partial charge in [0.05, 0.1) is 18.8 Å². The maximum absolute atomic E-state index is 11.8. The number of piperidine rings is 1. The van der Waals surface area contributed by atoms with Crippen molar-refractivity contribution in [1.29, 1.82) is 0 Å². The Bertz CT molecular complexity index is 417. The zero-order valence-electron chi connectivity index (χ0n) is 10.7. The molecule has 0 aromatic rings. The van der Waals surface area contributed by atoms with Crippen LogP contribution in [0.3, 0.4) is 0 Å². The third-order valence-electron chi connectivity index (χ3n) is 3.00. The monoisotopic (exact) mass is 277 g/mol. The summed E-state index contributed by atoms with van der Waals surface area (Å²) in [4.78, 5) is 24.8. The van der Waals surface area contributed by atoms with Gasteiger partial charge in [-0.3, -0.25) is 9.59 Å². The van der Waals surface area contributed by atoms with Crippen molar-refractivity contribution in [2.24, 2.45) is 5.92 Å². The third kappa shape index (κ3) is 4.64. The molecule has 1 heterocycles. The molecule has 0 aromatic carbocycles. The van der Waals surface area contributed by atoms with Crippen LogP contribution in [-0.2, 0) is 24.2 Å². The number of methoxy groups -OCH3 is 1. The zero-order valence-corrected chi connectivity index (χ0v) is 11.5. The van der Waals surface area contributed by atoms with Gasteiger partial charge in [0.25, 0.3) is 0 Å². The maximum Gasteiger partial charge on any atom is 0.310 e. The standard InChI is InChI=1S/C11H19NO5S/c1-17-11(14)9-4-3-6-12(8-9)10(13)5-7-18(2,15)16/h9H,3-8H2,1-2H3/t9-/m0/s1. The summed E-state index contributed by atoms with van der Waals surface area (Å²) in [6, 6.07) is 0. The molecule has 0 radical (unpaired) electrons. The van der Waals surface area contributed by atoms with E-state index in [0.717, 1.165) is 12.7 Å². The topological polar surface area (TPSA) is 80.8 Å². The van der Waals surface area contributed by atoms with Crippen molar-refractivity contribution in [3.8, 4) is 0 Å². The molecule has 1 aliphatic heterocycles. The number of carbonyl (C=O) groups is 2. The first-order valence-electron chi connectivity index (χ1n) is 5.87. The zero-order chi connectivity index (χ0) is 13.8. The van der Waals surface area contributed by atoms with Gasteiger partial charge in [0.2, 0.25) is 5.91 Å². The molecular weight excluding hydrogens is 258 g/mol. The van der Waals surface area contributed by atoms with Crippen LogP contribution in [0.1, 0.15) is 19.3 Å². The second kappa shape index (κ2) is 6.17. The first-order chi connectivity index (χ1) is 8.33. The SMILES string of the molecule is COC(=O)[C@H]1CCCN(C(=O)CCS(C)(=O)=O)C1. The van der Waals surface area contributed by atoms with Crippen molar-refractivity contribution >= 4 is 21.7 Å². The molecule has 0 bridgehead atoms. The fraction of sp³-hybridized carbons (Fsp3) is 0.818. The van der Waals surface area contributed by atoms with Crippen molar-refractivity contribution in [3.05, 3.63) is 0 Å². The number of esters is 1. The van der Waals surface area contributed by atoms with Gasteiger partial charge in [-0.2, -0.15) is 0 Å². The van der Waals surface area contributed by atoms with Crippen LogP contribution < -0.4 is 0 Å². The summed E-state index contributed by atoms with van der Waals surface area (Å²) in [7, 11) is -1.81. The van der Waals surface area contributed by atoms with Gasteiger partial charge in [0.1, 0.15) is 9.84 Å². The van der Waals surface area contributed by atoms with E-state index in [9.17, 15) is 18.0 Å². The van der Waals surface area contributed by atoms with Crippen LogP contribution in [0, 0.1) is 5.92 Å².